The molecule has 0 aliphatic rings. The van der Waals surface area contributed by atoms with Crippen molar-refractivity contribution in [2.24, 2.45) is 0 Å². The standard InChI is InChI=1S/C25H17Cl3N2O3/c1-14-6-8-16(11-20(14)27)29-24(31)13-33-25(32)19-12-23(18-9-7-15(26)10-21(18)28)30-22-5-3-2-4-17(19)22/h2-12H,13H2,1H3,(H,29,31). The van der Waals surface area contributed by atoms with Crippen molar-refractivity contribution in [1.29, 1.82) is 0 Å². The second-order valence-corrected chi connectivity index (χ2v) is 8.54. The van der Waals surface area contributed by atoms with Crippen LogP contribution < -0.4 is 5.32 Å². The Kier molecular flexibility index (Phi) is 6.84. The summed E-state index contributed by atoms with van der Waals surface area (Å²) in [6, 6.07) is 18.9. The van der Waals surface area contributed by atoms with Gasteiger partial charge >= 0.3 is 5.97 Å². The maximum Gasteiger partial charge on any atom is 0.339 e. The van der Waals surface area contributed by atoms with Crippen LogP contribution in [0, 0.1) is 6.92 Å². The van der Waals surface area contributed by atoms with Crippen molar-refractivity contribution in [2.45, 2.75) is 6.92 Å². The van der Waals surface area contributed by atoms with Gasteiger partial charge in [-0.15, -0.1) is 0 Å². The summed E-state index contributed by atoms with van der Waals surface area (Å²) in [7, 11) is 0. The van der Waals surface area contributed by atoms with Gasteiger partial charge in [-0.2, -0.15) is 0 Å². The number of amides is 1. The second-order valence-electron chi connectivity index (χ2n) is 7.28. The molecular weight excluding hydrogens is 483 g/mol. The quantitative estimate of drug-likeness (QED) is 0.301. The third-order valence-corrected chi connectivity index (χ3v) is 5.89. The summed E-state index contributed by atoms with van der Waals surface area (Å²) in [6.07, 6.45) is 0. The van der Waals surface area contributed by atoms with Gasteiger partial charge in [0.25, 0.3) is 5.91 Å². The second kappa shape index (κ2) is 9.79. The van der Waals surface area contributed by atoms with E-state index < -0.39 is 18.5 Å². The Morgan fingerprint density at radius 1 is 0.939 bits per heavy atom. The van der Waals surface area contributed by atoms with Crippen LogP contribution in [0.2, 0.25) is 15.1 Å². The van der Waals surface area contributed by atoms with Crippen molar-refractivity contribution >= 4 is 63.3 Å². The maximum absolute atomic E-state index is 12.9. The molecule has 0 spiro atoms. The number of aromatic nitrogens is 1. The van der Waals surface area contributed by atoms with E-state index in [0.29, 0.717) is 42.9 Å². The van der Waals surface area contributed by atoms with E-state index in [0.717, 1.165) is 5.56 Å². The Balaban J connectivity index is 1.58. The third-order valence-electron chi connectivity index (χ3n) is 4.93. The highest BCUT2D eigenvalue weighted by Crippen LogP contribution is 2.32. The first-order chi connectivity index (χ1) is 15.8. The number of nitrogens with one attached hydrogen (secondary N) is 1. The number of carbonyl (C=O) groups is 2. The number of nitrogens with zero attached hydrogens (tertiary/aromatic N) is 1. The molecule has 3 aromatic carbocycles. The first-order valence-electron chi connectivity index (χ1n) is 9.90. The summed E-state index contributed by atoms with van der Waals surface area (Å²) in [5.74, 6) is -1.14. The summed E-state index contributed by atoms with van der Waals surface area (Å²) in [4.78, 5) is 29.8. The van der Waals surface area contributed by atoms with E-state index in [9.17, 15) is 9.59 Å². The molecule has 0 saturated heterocycles. The molecule has 1 N–H and O–H groups in total. The SMILES string of the molecule is Cc1ccc(NC(=O)COC(=O)c2cc(-c3ccc(Cl)cc3Cl)nc3ccccc23)cc1Cl. The molecule has 0 fully saturated rings. The molecule has 0 saturated carbocycles. The molecule has 0 radical (unpaired) electrons. The fourth-order valence-electron chi connectivity index (χ4n) is 3.26. The van der Waals surface area contributed by atoms with Gasteiger partial charge in [-0.3, -0.25) is 4.79 Å². The summed E-state index contributed by atoms with van der Waals surface area (Å²) in [5.41, 5.74) is 3.37. The molecule has 4 aromatic rings. The monoisotopic (exact) mass is 498 g/mol. The molecule has 5 nitrogen and oxygen atoms in total. The van der Waals surface area contributed by atoms with Gasteiger partial charge in [0.05, 0.1) is 21.8 Å². The van der Waals surface area contributed by atoms with Crippen molar-refractivity contribution < 1.29 is 14.3 Å². The Bertz CT molecular complexity index is 1390. The average Bonchev–Trinajstić information content (AvgIpc) is 2.79. The van der Waals surface area contributed by atoms with Crippen molar-refractivity contribution in [3.8, 4) is 11.3 Å². The first kappa shape index (κ1) is 23.1. The number of carbonyl (C=O) groups excluding carboxylic acids is 2. The number of fused-ring (bicyclic) bond motifs is 1. The largest absolute Gasteiger partial charge is 0.452 e. The van der Waals surface area contributed by atoms with E-state index in [2.05, 4.69) is 10.3 Å². The lowest BCUT2D eigenvalue weighted by molar-refractivity contribution is -0.119. The van der Waals surface area contributed by atoms with Crippen LogP contribution in [0.5, 0.6) is 0 Å². The fourth-order valence-corrected chi connectivity index (χ4v) is 3.94. The number of hydrogen-bond acceptors (Lipinski definition) is 4. The van der Waals surface area contributed by atoms with Gasteiger partial charge in [0.2, 0.25) is 0 Å². The first-order valence-corrected chi connectivity index (χ1v) is 11.0. The average molecular weight is 500 g/mol. The number of rotatable bonds is 5. The Morgan fingerprint density at radius 2 is 1.73 bits per heavy atom. The number of benzene rings is 3. The summed E-state index contributed by atoms with van der Waals surface area (Å²) >= 11 is 18.4. The Morgan fingerprint density at radius 3 is 2.48 bits per heavy atom. The maximum atomic E-state index is 12.9. The van der Waals surface area contributed by atoms with Crippen LogP contribution >= 0.6 is 34.8 Å². The van der Waals surface area contributed by atoms with Gasteiger partial charge in [0.15, 0.2) is 6.61 Å². The predicted octanol–water partition coefficient (Wildman–Crippen LogP) is 6.97. The third kappa shape index (κ3) is 5.28. The topological polar surface area (TPSA) is 68.3 Å². The molecule has 33 heavy (non-hydrogen) atoms. The number of aryl methyl sites for hydroxylation is 1. The molecule has 0 unspecified atom stereocenters. The Labute approximate surface area is 205 Å². The van der Waals surface area contributed by atoms with Crippen molar-refractivity contribution in [1.82, 2.24) is 4.98 Å². The number of hydrogen-bond donors (Lipinski definition) is 1. The van der Waals surface area contributed by atoms with Crippen molar-refractivity contribution in [3.63, 3.8) is 0 Å². The van der Waals surface area contributed by atoms with Gasteiger partial charge in [0.1, 0.15) is 0 Å². The molecular formula is C25H17Cl3N2O3. The molecule has 0 aliphatic carbocycles. The normalized spacial score (nSPS) is 10.8. The number of halogens is 3. The van der Waals surface area contributed by atoms with Gasteiger partial charge in [-0.1, -0.05) is 59.1 Å². The zero-order valence-electron chi connectivity index (χ0n) is 17.4. The summed E-state index contributed by atoms with van der Waals surface area (Å²) in [6.45, 7) is 1.40. The van der Waals surface area contributed by atoms with Gasteiger partial charge in [0, 0.05) is 26.7 Å². The minimum absolute atomic E-state index is 0.271. The molecule has 1 amide bonds. The van der Waals surface area contributed by atoms with Gasteiger partial charge < -0.3 is 10.1 Å². The van der Waals surface area contributed by atoms with E-state index in [-0.39, 0.29) is 5.56 Å². The molecule has 8 heteroatoms. The lowest BCUT2D eigenvalue weighted by Gasteiger charge is -2.11. The minimum Gasteiger partial charge on any atom is -0.452 e. The highest BCUT2D eigenvalue weighted by atomic mass is 35.5. The molecule has 166 valence electrons. The fraction of sp³-hybridized carbons (Fsp3) is 0.0800. The van der Waals surface area contributed by atoms with E-state index in [1.807, 2.05) is 13.0 Å². The van der Waals surface area contributed by atoms with Gasteiger partial charge in [-0.05, 0) is 55.0 Å². The van der Waals surface area contributed by atoms with Crippen LogP contribution in [0.15, 0.2) is 66.7 Å². The zero-order valence-corrected chi connectivity index (χ0v) is 19.6. The molecule has 1 heterocycles. The molecule has 0 bridgehead atoms. The zero-order chi connectivity index (χ0) is 23.5. The minimum atomic E-state index is -0.656. The molecule has 0 atom stereocenters. The van der Waals surface area contributed by atoms with E-state index in [1.54, 1.807) is 60.7 Å². The number of anilines is 1. The van der Waals surface area contributed by atoms with Crippen LogP contribution in [0.4, 0.5) is 5.69 Å². The van der Waals surface area contributed by atoms with Crippen LogP contribution in [-0.4, -0.2) is 23.5 Å². The van der Waals surface area contributed by atoms with Crippen LogP contribution in [0.1, 0.15) is 15.9 Å². The van der Waals surface area contributed by atoms with E-state index >= 15 is 0 Å². The Hall–Kier alpha value is -3.12. The number of para-hydroxylation sites is 1. The smallest absolute Gasteiger partial charge is 0.339 e. The van der Waals surface area contributed by atoms with E-state index in [4.69, 9.17) is 39.5 Å². The highest BCUT2D eigenvalue weighted by molar-refractivity contribution is 6.36. The van der Waals surface area contributed by atoms with Crippen molar-refractivity contribution in [2.75, 3.05) is 11.9 Å². The summed E-state index contributed by atoms with van der Waals surface area (Å²) in [5, 5.41) is 4.68. The number of esters is 1. The van der Waals surface area contributed by atoms with Crippen LogP contribution in [-0.2, 0) is 9.53 Å². The predicted molar refractivity (Wildman–Crippen MR) is 132 cm³/mol. The van der Waals surface area contributed by atoms with Crippen LogP contribution in [0.3, 0.4) is 0 Å². The molecule has 0 aliphatic heterocycles. The van der Waals surface area contributed by atoms with Crippen LogP contribution in [0.25, 0.3) is 22.2 Å². The van der Waals surface area contributed by atoms with Crippen molar-refractivity contribution in [3.05, 3.63) is 92.9 Å². The lowest BCUT2D eigenvalue weighted by atomic mass is 10.0. The van der Waals surface area contributed by atoms with Gasteiger partial charge in [-0.25, -0.2) is 9.78 Å². The van der Waals surface area contributed by atoms with E-state index in [1.165, 1.54) is 0 Å². The lowest BCUT2D eigenvalue weighted by Crippen LogP contribution is -2.21. The highest BCUT2D eigenvalue weighted by Gasteiger charge is 2.18. The summed E-state index contributed by atoms with van der Waals surface area (Å²) < 4.78 is 5.30. The molecule has 1 aromatic heterocycles. The number of ether oxygens (including phenoxy) is 1. The molecule has 4 rings (SSSR count). The number of pyridine rings is 1.